The lowest BCUT2D eigenvalue weighted by Crippen LogP contribution is -1.81. The van der Waals surface area contributed by atoms with Crippen molar-refractivity contribution in [2.75, 3.05) is 0 Å². The highest BCUT2D eigenvalue weighted by atomic mass is 16.6. The van der Waals surface area contributed by atoms with Gasteiger partial charge in [-0.25, -0.2) is 4.79 Å². The largest absolute Gasteiger partial charge is 0.503 e. The van der Waals surface area contributed by atoms with E-state index in [9.17, 15) is 0 Å². The molecule has 2 N–H and O–H groups in total. The fraction of sp³-hybridized carbons (Fsp3) is 0.500. The van der Waals surface area contributed by atoms with Crippen LogP contribution in [-0.4, -0.2) is 16.4 Å². The molecule has 13 heavy (non-hydrogen) atoms. The van der Waals surface area contributed by atoms with Crippen molar-refractivity contribution in [3.63, 3.8) is 0 Å². The highest BCUT2D eigenvalue weighted by molar-refractivity contribution is 5.53. The maximum atomic E-state index is 8.56. The number of carbonyl (C=O) groups is 1. The Morgan fingerprint density at radius 1 is 1.46 bits per heavy atom. The third-order valence-electron chi connectivity index (χ3n) is 1.47. The first-order valence-electron chi connectivity index (χ1n) is 4.19. The molecule has 0 saturated carbocycles. The minimum absolute atomic E-state index is 1.14. The predicted octanol–water partition coefficient (Wildman–Crippen LogP) is 3.53. The lowest BCUT2D eigenvalue weighted by molar-refractivity contribution is 0.137. The van der Waals surface area contributed by atoms with E-state index in [2.05, 4.69) is 26.5 Å². The Balaban J connectivity index is 0. The summed E-state index contributed by atoms with van der Waals surface area (Å²) >= 11 is 0. The molecule has 76 valence electrons. The summed E-state index contributed by atoms with van der Waals surface area (Å²) in [6, 6.07) is 0. The van der Waals surface area contributed by atoms with Crippen LogP contribution >= 0.6 is 0 Å². The molecule has 3 nitrogen and oxygen atoms in total. The van der Waals surface area contributed by atoms with E-state index in [1.165, 1.54) is 18.4 Å². The number of carboxylic acid groups (broad SMARTS) is 2. The van der Waals surface area contributed by atoms with Crippen LogP contribution in [-0.2, 0) is 0 Å². The second-order valence-corrected chi connectivity index (χ2v) is 2.60. The molecule has 0 amide bonds. The van der Waals surface area contributed by atoms with Gasteiger partial charge in [-0.05, 0) is 33.1 Å². The quantitative estimate of drug-likeness (QED) is 0.521. The van der Waals surface area contributed by atoms with Crippen LogP contribution in [0, 0.1) is 0 Å². The number of unbranched alkanes of at least 4 members (excludes halogenated alkanes) is 1. The second-order valence-electron chi connectivity index (χ2n) is 2.60. The normalized spacial score (nSPS) is 9.85. The van der Waals surface area contributed by atoms with Gasteiger partial charge in [0.05, 0.1) is 0 Å². The first-order valence-corrected chi connectivity index (χ1v) is 4.19. The summed E-state index contributed by atoms with van der Waals surface area (Å²) in [6.07, 6.45) is 5.93. The van der Waals surface area contributed by atoms with Gasteiger partial charge in [0.15, 0.2) is 0 Å². The molecule has 0 spiro atoms. The molecule has 0 aliphatic carbocycles. The zero-order chi connectivity index (χ0) is 10.7. The minimum atomic E-state index is -1.83. The van der Waals surface area contributed by atoms with Crippen molar-refractivity contribution < 1.29 is 15.0 Å². The molecular weight excluding hydrogens is 168 g/mol. The fourth-order valence-electron chi connectivity index (χ4n) is 0.670. The Morgan fingerprint density at radius 3 is 2.23 bits per heavy atom. The van der Waals surface area contributed by atoms with Crippen molar-refractivity contribution >= 4 is 6.16 Å². The van der Waals surface area contributed by atoms with Crippen LogP contribution in [0.5, 0.6) is 0 Å². The van der Waals surface area contributed by atoms with Crippen molar-refractivity contribution in [3.8, 4) is 0 Å². The van der Waals surface area contributed by atoms with Crippen molar-refractivity contribution in [1.29, 1.82) is 0 Å². The molecule has 0 aliphatic rings. The number of hydrogen-bond donors (Lipinski definition) is 2. The molecule has 0 unspecified atom stereocenters. The molecule has 0 atom stereocenters. The summed E-state index contributed by atoms with van der Waals surface area (Å²) in [6.45, 7) is 7.92. The summed E-state index contributed by atoms with van der Waals surface area (Å²) in [5.74, 6) is 0. The Kier molecular flexibility index (Phi) is 11.8. The SMILES string of the molecule is C=CCCCC(C)=CC.O=C(O)O. The van der Waals surface area contributed by atoms with Crippen LogP contribution in [0.15, 0.2) is 24.3 Å². The first-order chi connectivity index (χ1) is 6.04. The molecule has 0 rings (SSSR count). The molecule has 0 radical (unpaired) electrons. The maximum absolute atomic E-state index is 8.56. The van der Waals surface area contributed by atoms with E-state index in [0.717, 1.165) is 6.42 Å². The van der Waals surface area contributed by atoms with Crippen LogP contribution in [0.25, 0.3) is 0 Å². The van der Waals surface area contributed by atoms with Gasteiger partial charge < -0.3 is 10.2 Å². The van der Waals surface area contributed by atoms with E-state index in [-0.39, 0.29) is 0 Å². The molecule has 0 saturated heterocycles. The zero-order valence-electron chi connectivity index (χ0n) is 8.29. The van der Waals surface area contributed by atoms with Crippen LogP contribution in [0.2, 0.25) is 0 Å². The summed E-state index contributed by atoms with van der Waals surface area (Å²) in [5, 5.41) is 13.9. The molecule has 0 aromatic rings. The molecular formula is C10H18O3. The topological polar surface area (TPSA) is 57.5 Å². The summed E-state index contributed by atoms with van der Waals surface area (Å²) < 4.78 is 0. The van der Waals surface area contributed by atoms with E-state index >= 15 is 0 Å². The van der Waals surface area contributed by atoms with E-state index < -0.39 is 6.16 Å². The van der Waals surface area contributed by atoms with E-state index in [1.54, 1.807) is 0 Å². The summed E-state index contributed by atoms with van der Waals surface area (Å²) in [4.78, 5) is 8.56. The van der Waals surface area contributed by atoms with Gasteiger partial charge in [-0.3, -0.25) is 0 Å². The third-order valence-corrected chi connectivity index (χ3v) is 1.47. The van der Waals surface area contributed by atoms with Crippen LogP contribution in [0.1, 0.15) is 33.1 Å². The number of hydrogen-bond acceptors (Lipinski definition) is 1. The highest BCUT2D eigenvalue weighted by Gasteiger charge is 1.85. The molecule has 0 fully saturated rings. The fourth-order valence-corrected chi connectivity index (χ4v) is 0.670. The van der Waals surface area contributed by atoms with Gasteiger partial charge in [-0.1, -0.05) is 17.7 Å². The van der Waals surface area contributed by atoms with E-state index in [1.807, 2.05) is 6.08 Å². The Hall–Kier alpha value is -1.25. The van der Waals surface area contributed by atoms with Gasteiger partial charge >= 0.3 is 6.16 Å². The molecule has 0 aromatic carbocycles. The lowest BCUT2D eigenvalue weighted by atomic mass is 10.1. The number of rotatable bonds is 4. The first kappa shape index (κ1) is 14.3. The maximum Gasteiger partial charge on any atom is 0.503 e. The van der Waals surface area contributed by atoms with E-state index in [0.29, 0.717) is 0 Å². The van der Waals surface area contributed by atoms with Gasteiger partial charge in [0.1, 0.15) is 0 Å². The van der Waals surface area contributed by atoms with Crippen molar-refractivity contribution in [2.24, 2.45) is 0 Å². The summed E-state index contributed by atoms with van der Waals surface area (Å²) in [5.41, 5.74) is 1.48. The zero-order valence-corrected chi connectivity index (χ0v) is 8.29. The third kappa shape index (κ3) is 24.9. The molecule has 0 aliphatic heterocycles. The van der Waals surface area contributed by atoms with Gasteiger partial charge in [-0.2, -0.15) is 0 Å². The van der Waals surface area contributed by atoms with Crippen molar-refractivity contribution in [2.45, 2.75) is 33.1 Å². The molecule has 0 bridgehead atoms. The Bertz CT molecular complexity index is 167. The van der Waals surface area contributed by atoms with E-state index in [4.69, 9.17) is 15.0 Å². The van der Waals surface area contributed by atoms with Gasteiger partial charge in [0, 0.05) is 0 Å². The Morgan fingerprint density at radius 2 is 1.92 bits per heavy atom. The molecule has 0 aromatic heterocycles. The van der Waals surface area contributed by atoms with Crippen molar-refractivity contribution in [1.82, 2.24) is 0 Å². The minimum Gasteiger partial charge on any atom is -0.450 e. The molecule has 0 heterocycles. The predicted molar refractivity (Wildman–Crippen MR) is 54.1 cm³/mol. The monoisotopic (exact) mass is 186 g/mol. The number of allylic oxidation sites excluding steroid dienone is 3. The Labute approximate surface area is 79.4 Å². The lowest BCUT2D eigenvalue weighted by Gasteiger charge is -1.95. The average Bonchev–Trinajstić information content (AvgIpc) is 2.03. The van der Waals surface area contributed by atoms with Crippen LogP contribution in [0.4, 0.5) is 4.79 Å². The second kappa shape index (κ2) is 10.8. The van der Waals surface area contributed by atoms with Gasteiger partial charge in [0.25, 0.3) is 0 Å². The van der Waals surface area contributed by atoms with Gasteiger partial charge in [-0.15, -0.1) is 6.58 Å². The summed E-state index contributed by atoms with van der Waals surface area (Å²) in [7, 11) is 0. The van der Waals surface area contributed by atoms with Gasteiger partial charge in [0.2, 0.25) is 0 Å². The average molecular weight is 186 g/mol. The molecule has 3 heteroatoms. The highest BCUT2D eigenvalue weighted by Crippen LogP contribution is 2.05. The van der Waals surface area contributed by atoms with Crippen LogP contribution in [0.3, 0.4) is 0 Å². The van der Waals surface area contributed by atoms with Crippen LogP contribution < -0.4 is 0 Å². The van der Waals surface area contributed by atoms with Crippen molar-refractivity contribution in [3.05, 3.63) is 24.3 Å². The smallest absolute Gasteiger partial charge is 0.450 e. The standard InChI is InChI=1S/C9H16.CH2O3/c1-4-6-7-8-9(3)5-2;2-1(3)4/h4-5H,1,6-8H2,2-3H3;(H2,2,3,4).